The Morgan fingerprint density at radius 3 is 1.15 bits per heavy atom. The molecule has 0 atom stereocenters. The Labute approximate surface area is 319 Å². The fourth-order valence-corrected chi connectivity index (χ4v) is 8.06. The first-order chi connectivity index (χ1) is 26.6. The molecule has 0 radical (unpaired) electrons. The lowest BCUT2D eigenvalue weighted by Crippen LogP contribution is -2.10. The molecule has 0 N–H and O–H groups in total. The highest BCUT2D eigenvalue weighted by Gasteiger charge is 2.21. The molecule has 0 saturated heterocycles. The van der Waals surface area contributed by atoms with Gasteiger partial charge >= 0.3 is 11.9 Å². The van der Waals surface area contributed by atoms with E-state index in [2.05, 4.69) is 50.2 Å². The summed E-state index contributed by atoms with van der Waals surface area (Å²) in [5.74, 6) is 0.344. The van der Waals surface area contributed by atoms with Crippen LogP contribution in [0.1, 0.15) is 123 Å². The molecule has 0 saturated carbocycles. The third-order valence-electron chi connectivity index (χ3n) is 11.0. The summed E-state index contributed by atoms with van der Waals surface area (Å²) in [5, 5.41) is 7.83. The molecule has 276 valence electrons. The SMILES string of the molecule is CCCCCCCCc1ccc(OC(=O)c2ccc3c4cccc5c(C(=O)Oc6ccc(CCCCCCCC)cc6)ccc(c6cccc2c63)c54)cc1. The molecule has 54 heavy (non-hydrogen) atoms. The van der Waals surface area contributed by atoms with E-state index in [0.717, 1.165) is 55.9 Å². The summed E-state index contributed by atoms with van der Waals surface area (Å²) in [6, 6.07) is 35.8. The smallest absolute Gasteiger partial charge is 0.344 e. The van der Waals surface area contributed by atoms with Crippen LogP contribution in [0.2, 0.25) is 0 Å². The van der Waals surface area contributed by atoms with E-state index in [1.54, 1.807) is 0 Å². The second-order valence-electron chi connectivity index (χ2n) is 14.9. The van der Waals surface area contributed by atoms with Gasteiger partial charge in [-0.15, -0.1) is 0 Å². The maximum Gasteiger partial charge on any atom is 0.344 e. The van der Waals surface area contributed by atoms with Crippen molar-refractivity contribution in [3.8, 4) is 11.5 Å². The summed E-state index contributed by atoms with van der Waals surface area (Å²) < 4.78 is 11.9. The molecule has 4 nitrogen and oxygen atoms in total. The van der Waals surface area contributed by atoms with E-state index in [4.69, 9.17) is 9.47 Å². The normalized spacial score (nSPS) is 11.6. The number of esters is 2. The van der Waals surface area contributed by atoms with Crippen LogP contribution in [0, 0.1) is 0 Å². The Bertz CT molecular complexity index is 2150. The standard InChI is InChI=1S/C50H52O4/c1-3-5-7-9-11-13-17-35-23-27-37(28-24-35)53-49(51)45-33-31-43-40-20-16-22-42-46(34-32-44(48(40)42)39-19-15-21-41(45)47(39)43)50(52)54-38-29-25-36(26-30-38)18-14-12-10-8-6-4-2/h15-16,19-34H,3-14,17-18H2,1-2H3. The van der Waals surface area contributed by atoms with E-state index >= 15 is 0 Å². The number of unbranched alkanes of at least 4 members (excludes halogenated alkanes) is 10. The number of fused-ring (bicyclic) bond motifs is 2. The van der Waals surface area contributed by atoms with Crippen LogP contribution in [-0.4, -0.2) is 11.9 Å². The van der Waals surface area contributed by atoms with E-state index in [1.165, 1.54) is 88.2 Å². The Balaban J connectivity index is 1.09. The van der Waals surface area contributed by atoms with Gasteiger partial charge in [-0.1, -0.05) is 151 Å². The first-order valence-corrected chi connectivity index (χ1v) is 20.3. The van der Waals surface area contributed by atoms with Crippen molar-refractivity contribution in [1.82, 2.24) is 0 Å². The molecule has 7 aromatic rings. The zero-order valence-corrected chi connectivity index (χ0v) is 31.9. The predicted molar refractivity (Wildman–Crippen MR) is 225 cm³/mol. The van der Waals surface area contributed by atoms with Gasteiger partial charge in [0.15, 0.2) is 0 Å². The van der Waals surface area contributed by atoms with Crippen LogP contribution in [0.15, 0.2) is 109 Å². The van der Waals surface area contributed by atoms with Crippen LogP contribution in [0.4, 0.5) is 0 Å². The molecule has 0 heterocycles. The van der Waals surface area contributed by atoms with E-state index in [9.17, 15) is 9.59 Å². The van der Waals surface area contributed by atoms with Gasteiger partial charge in [-0.3, -0.25) is 0 Å². The number of ether oxygens (including phenoxy) is 2. The minimum absolute atomic E-state index is 0.375. The summed E-state index contributed by atoms with van der Waals surface area (Å²) >= 11 is 0. The number of hydrogen-bond donors (Lipinski definition) is 0. The quantitative estimate of drug-likeness (QED) is 0.0292. The molecule has 0 bridgehead atoms. The van der Waals surface area contributed by atoms with Crippen LogP contribution in [0.5, 0.6) is 11.5 Å². The molecular weight excluding hydrogens is 665 g/mol. The Morgan fingerprint density at radius 1 is 0.389 bits per heavy atom. The van der Waals surface area contributed by atoms with Crippen molar-refractivity contribution in [1.29, 1.82) is 0 Å². The number of hydrogen-bond acceptors (Lipinski definition) is 4. The Hall–Kier alpha value is -5.22. The summed E-state index contributed by atoms with van der Waals surface area (Å²) in [6.45, 7) is 4.49. The number of carbonyl (C=O) groups excluding carboxylic acids is 2. The Kier molecular flexibility index (Phi) is 12.2. The van der Waals surface area contributed by atoms with Crippen LogP contribution < -0.4 is 9.47 Å². The van der Waals surface area contributed by atoms with E-state index in [1.807, 2.05) is 72.8 Å². The fraction of sp³-hybridized carbons (Fsp3) is 0.320. The highest BCUT2D eigenvalue weighted by molar-refractivity contribution is 6.35. The lowest BCUT2D eigenvalue weighted by Gasteiger charge is -2.17. The highest BCUT2D eigenvalue weighted by Crippen LogP contribution is 2.42. The van der Waals surface area contributed by atoms with Crippen molar-refractivity contribution in [2.75, 3.05) is 0 Å². The molecule has 0 aromatic heterocycles. The maximum atomic E-state index is 13.7. The second kappa shape index (κ2) is 17.7. The van der Waals surface area contributed by atoms with Gasteiger partial charge in [-0.25, -0.2) is 9.59 Å². The minimum Gasteiger partial charge on any atom is -0.423 e. The molecule has 4 heteroatoms. The molecule has 7 rings (SSSR count). The first kappa shape index (κ1) is 37.1. The zero-order valence-electron chi connectivity index (χ0n) is 31.9. The van der Waals surface area contributed by atoms with E-state index < -0.39 is 0 Å². The molecule has 0 aliphatic carbocycles. The summed E-state index contributed by atoms with van der Waals surface area (Å²) in [6.07, 6.45) is 17.3. The molecule has 7 aromatic carbocycles. The molecule has 0 spiro atoms. The lowest BCUT2D eigenvalue weighted by molar-refractivity contribution is 0.0727. The van der Waals surface area contributed by atoms with Crippen molar-refractivity contribution < 1.29 is 19.1 Å². The van der Waals surface area contributed by atoms with Crippen molar-refractivity contribution >= 4 is 55.0 Å². The summed E-state index contributed by atoms with van der Waals surface area (Å²) in [4.78, 5) is 27.4. The van der Waals surface area contributed by atoms with Crippen molar-refractivity contribution in [3.05, 3.63) is 131 Å². The van der Waals surface area contributed by atoms with Gasteiger partial charge in [0.2, 0.25) is 0 Å². The molecule has 0 fully saturated rings. The number of rotatable bonds is 18. The monoisotopic (exact) mass is 716 g/mol. The zero-order chi connectivity index (χ0) is 37.3. The molecule has 0 amide bonds. The number of benzene rings is 7. The molecule has 0 unspecified atom stereocenters. The largest absolute Gasteiger partial charge is 0.423 e. The highest BCUT2D eigenvalue weighted by atomic mass is 16.5. The van der Waals surface area contributed by atoms with Crippen LogP contribution in [0.3, 0.4) is 0 Å². The van der Waals surface area contributed by atoms with Gasteiger partial charge in [0.1, 0.15) is 11.5 Å². The van der Waals surface area contributed by atoms with E-state index in [0.29, 0.717) is 22.6 Å². The van der Waals surface area contributed by atoms with Crippen molar-refractivity contribution in [2.45, 2.75) is 104 Å². The molecule has 0 aliphatic heterocycles. The predicted octanol–water partition coefficient (Wildman–Crippen LogP) is 14.0. The third kappa shape index (κ3) is 8.29. The van der Waals surface area contributed by atoms with Gasteiger partial charge in [0.25, 0.3) is 0 Å². The maximum absolute atomic E-state index is 13.7. The average Bonchev–Trinajstić information content (AvgIpc) is 3.20. The van der Waals surface area contributed by atoms with Crippen LogP contribution in [0.25, 0.3) is 43.1 Å². The van der Waals surface area contributed by atoms with Gasteiger partial charge in [0.05, 0.1) is 11.1 Å². The topological polar surface area (TPSA) is 52.6 Å². The van der Waals surface area contributed by atoms with Crippen molar-refractivity contribution in [2.24, 2.45) is 0 Å². The van der Waals surface area contributed by atoms with Gasteiger partial charge in [-0.2, -0.15) is 0 Å². The average molecular weight is 717 g/mol. The van der Waals surface area contributed by atoms with E-state index in [-0.39, 0.29) is 11.9 Å². The van der Waals surface area contributed by atoms with Gasteiger partial charge < -0.3 is 9.47 Å². The summed E-state index contributed by atoms with van der Waals surface area (Å²) in [7, 11) is 0. The molecule has 0 aliphatic rings. The fourth-order valence-electron chi connectivity index (χ4n) is 8.06. The summed E-state index contributed by atoms with van der Waals surface area (Å²) in [5.41, 5.74) is 3.59. The second-order valence-corrected chi connectivity index (χ2v) is 14.9. The van der Waals surface area contributed by atoms with Crippen LogP contribution in [-0.2, 0) is 12.8 Å². The van der Waals surface area contributed by atoms with Gasteiger partial charge in [0, 0.05) is 0 Å². The van der Waals surface area contributed by atoms with Crippen molar-refractivity contribution in [3.63, 3.8) is 0 Å². The number of aryl methyl sites for hydroxylation is 2. The molecular formula is C50H52O4. The first-order valence-electron chi connectivity index (χ1n) is 20.3. The van der Waals surface area contributed by atoms with Crippen LogP contribution >= 0.6 is 0 Å². The Morgan fingerprint density at radius 2 is 0.741 bits per heavy atom. The number of carbonyl (C=O) groups is 2. The lowest BCUT2D eigenvalue weighted by atomic mass is 9.87. The third-order valence-corrected chi connectivity index (χ3v) is 11.0. The minimum atomic E-state index is -0.375. The van der Waals surface area contributed by atoms with Gasteiger partial charge in [-0.05, 0) is 116 Å².